The van der Waals surface area contributed by atoms with Gasteiger partial charge in [-0.3, -0.25) is 14.4 Å². The summed E-state index contributed by atoms with van der Waals surface area (Å²) >= 11 is 0. The zero-order chi connectivity index (χ0) is 28.4. The van der Waals surface area contributed by atoms with E-state index in [9.17, 15) is 32.7 Å². The molecule has 3 aromatic rings. The van der Waals surface area contributed by atoms with Crippen molar-refractivity contribution in [1.82, 2.24) is 10.2 Å². The molecule has 2 aliphatic rings. The first-order chi connectivity index (χ1) is 19.1. The van der Waals surface area contributed by atoms with Crippen LogP contribution in [0, 0.1) is 0 Å². The Hall–Kier alpha value is -4.51. The molecular weight excluding hydrogens is 527 g/mol. The highest BCUT2D eigenvalue weighted by atomic mass is 19.4. The summed E-state index contributed by atoms with van der Waals surface area (Å²) in [6.07, 6.45) is -5.00. The largest absolute Gasteiger partial charge is 0.457 e. The number of hydrogen-bond donors (Lipinski definition) is 2. The van der Waals surface area contributed by atoms with Crippen LogP contribution in [0.3, 0.4) is 0 Å². The van der Waals surface area contributed by atoms with Crippen molar-refractivity contribution in [2.45, 2.75) is 43.8 Å². The number of carbonyl (C=O) groups excluding carboxylic acids is 3. The Morgan fingerprint density at radius 3 is 2.52 bits per heavy atom. The van der Waals surface area contributed by atoms with E-state index in [1.54, 1.807) is 36.4 Å². The number of para-hydroxylation sites is 2. The fourth-order valence-electron chi connectivity index (χ4n) is 4.84. The molecule has 2 aliphatic heterocycles. The molecule has 5 rings (SSSR count). The van der Waals surface area contributed by atoms with E-state index in [-0.39, 0.29) is 48.1 Å². The van der Waals surface area contributed by atoms with Crippen molar-refractivity contribution < 1.29 is 37.4 Å². The summed E-state index contributed by atoms with van der Waals surface area (Å²) in [5.74, 6) is -3.48. The standard InChI is InChI=1S/C29H24F3N3O5/c30-29(31,32)22(21-8-4-5-9-24(21)40-19-6-2-1-3-7-19)15-33-26(37)17-10-11-20-18(14-17)16-35(28(20)39)23-12-13-25(36)34-27(23)38/h1-11,14-15,22-23,27,38H,12-13,16H2,(H,34,36). The molecule has 1 fully saturated rings. The lowest BCUT2D eigenvalue weighted by Crippen LogP contribution is -2.55. The van der Waals surface area contributed by atoms with Gasteiger partial charge in [0.15, 0.2) is 0 Å². The first-order valence-electron chi connectivity index (χ1n) is 12.5. The zero-order valence-corrected chi connectivity index (χ0v) is 21.0. The fourth-order valence-corrected chi connectivity index (χ4v) is 4.84. The Morgan fingerprint density at radius 2 is 1.80 bits per heavy atom. The van der Waals surface area contributed by atoms with E-state index < -0.39 is 30.3 Å². The zero-order valence-electron chi connectivity index (χ0n) is 21.0. The number of nitrogens with zero attached hydrogens (tertiary/aromatic N) is 2. The van der Waals surface area contributed by atoms with Gasteiger partial charge in [0.1, 0.15) is 23.6 Å². The Kier molecular flexibility index (Phi) is 7.40. The fraction of sp³-hybridized carbons (Fsp3) is 0.241. The van der Waals surface area contributed by atoms with Gasteiger partial charge in [0.05, 0.1) is 6.04 Å². The number of nitrogens with one attached hydrogen (secondary N) is 1. The van der Waals surface area contributed by atoms with Gasteiger partial charge in [-0.15, -0.1) is 0 Å². The topological polar surface area (TPSA) is 108 Å². The van der Waals surface area contributed by atoms with E-state index in [1.807, 2.05) is 0 Å². The molecule has 0 saturated carbocycles. The van der Waals surface area contributed by atoms with Crippen molar-refractivity contribution in [2.24, 2.45) is 4.99 Å². The highest BCUT2D eigenvalue weighted by Gasteiger charge is 2.42. The number of aliphatic hydroxyl groups excluding tert-OH is 1. The van der Waals surface area contributed by atoms with E-state index in [1.165, 1.54) is 41.3 Å². The minimum absolute atomic E-state index is 0.0110. The predicted molar refractivity (Wildman–Crippen MR) is 138 cm³/mol. The lowest BCUT2D eigenvalue weighted by atomic mass is 9.98. The number of benzene rings is 3. The minimum Gasteiger partial charge on any atom is -0.457 e. The lowest BCUT2D eigenvalue weighted by Gasteiger charge is -2.35. The van der Waals surface area contributed by atoms with Gasteiger partial charge in [0.2, 0.25) is 5.91 Å². The van der Waals surface area contributed by atoms with Crippen molar-refractivity contribution in [3.63, 3.8) is 0 Å². The SMILES string of the molecule is O=C1CCC(N2Cc3cc(C(=O)N=CC(c4ccccc4Oc4ccccc4)C(F)(F)F)ccc3C2=O)C(O)N1. The molecule has 2 N–H and O–H groups in total. The van der Waals surface area contributed by atoms with E-state index >= 15 is 0 Å². The molecule has 1 saturated heterocycles. The molecule has 8 nitrogen and oxygen atoms in total. The van der Waals surface area contributed by atoms with Gasteiger partial charge < -0.3 is 20.1 Å². The molecular formula is C29H24F3N3O5. The van der Waals surface area contributed by atoms with E-state index in [0.717, 1.165) is 0 Å². The van der Waals surface area contributed by atoms with Crippen molar-refractivity contribution >= 4 is 23.9 Å². The number of aliphatic hydroxyl groups is 1. The summed E-state index contributed by atoms with van der Waals surface area (Å²) < 4.78 is 48.1. The lowest BCUT2D eigenvalue weighted by molar-refractivity contribution is -0.134. The number of piperidine rings is 1. The Labute approximate surface area is 227 Å². The number of aliphatic imine (C=N–C) groups is 1. The average molecular weight is 552 g/mol. The number of alkyl halides is 3. The van der Waals surface area contributed by atoms with E-state index in [4.69, 9.17) is 4.74 Å². The smallest absolute Gasteiger partial charge is 0.400 e. The maximum absolute atomic E-state index is 14.1. The maximum Gasteiger partial charge on any atom is 0.400 e. The summed E-state index contributed by atoms with van der Waals surface area (Å²) in [4.78, 5) is 42.3. The van der Waals surface area contributed by atoms with Gasteiger partial charge in [-0.1, -0.05) is 36.4 Å². The van der Waals surface area contributed by atoms with Crippen LogP contribution in [0.4, 0.5) is 13.2 Å². The van der Waals surface area contributed by atoms with Crippen LogP contribution in [0.2, 0.25) is 0 Å². The van der Waals surface area contributed by atoms with Gasteiger partial charge in [0, 0.05) is 35.9 Å². The van der Waals surface area contributed by atoms with Crippen molar-refractivity contribution in [3.8, 4) is 11.5 Å². The molecule has 11 heteroatoms. The molecule has 40 heavy (non-hydrogen) atoms. The minimum atomic E-state index is -4.76. The van der Waals surface area contributed by atoms with Crippen molar-refractivity contribution in [3.05, 3.63) is 95.1 Å². The Balaban J connectivity index is 1.36. The molecule has 0 bridgehead atoms. The average Bonchev–Trinajstić information content (AvgIpc) is 3.24. The number of hydrogen-bond acceptors (Lipinski definition) is 5. The van der Waals surface area contributed by atoms with Gasteiger partial charge in [0.25, 0.3) is 11.8 Å². The van der Waals surface area contributed by atoms with Crippen LogP contribution in [-0.4, -0.2) is 52.4 Å². The molecule has 0 spiro atoms. The Morgan fingerprint density at radius 1 is 1.07 bits per heavy atom. The summed E-state index contributed by atoms with van der Waals surface area (Å²) in [5, 5.41) is 12.6. The molecule has 0 radical (unpaired) electrons. The van der Waals surface area contributed by atoms with Gasteiger partial charge in [-0.25, -0.2) is 4.99 Å². The number of fused-ring (bicyclic) bond motifs is 1. The van der Waals surface area contributed by atoms with Crippen LogP contribution in [0.1, 0.15) is 50.6 Å². The summed E-state index contributed by atoms with van der Waals surface area (Å²) in [5.41, 5.74) is 0.592. The second kappa shape index (κ2) is 10.9. The third-order valence-electron chi connectivity index (χ3n) is 6.84. The van der Waals surface area contributed by atoms with Crippen LogP contribution < -0.4 is 10.1 Å². The van der Waals surface area contributed by atoms with Crippen LogP contribution >= 0.6 is 0 Å². The normalized spacial score (nSPS) is 19.9. The molecule has 0 aliphatic carbocycles. The van der Waals surface area contributed by atoms with Crippen LogP contribution in [-0.2, 0) is 11.3 Å². The molecule has 3 atom stereocenters. The van der Waals surface area contributed by atoms with Crippen LogP contribution in [0.5, 0.6) is 11.5 Å². The number of ether oxygens (including phenoxy) is 1. The predicted octanol–water partition coefficient (Wildman–Crippen LogP) is 4.59. The van der Waals surface area contributed by atoms with Crippen molar-refractivity contribution in [2.75, 3.05) is 0 Å². The van der Waals surface area contributed by atoms with Gasteiger partial charge in [-0.2, -0.15) is 13.2 Å². The second-order valence-electron chi connectivity index (χ2n) is 9.48. The molecule has 3 amide bonds. The van der Waals surface area contributed by atoms with E-state index in [0.29, 0.717) is 23.1 Å². The van der Waals surface area contributed by atoms with Crippen LogP contribution in [0.25, 0.3) is 0 Å². The molecule has 0 aromatic heterocycles. The third-order valence-corrected chi connectivity index (χ3v) is 6.84. The molecule has 2 heterocycles. The Bertz CT molecular complexity index is 1480. The highest BCUT2D eigenvalue weighted by molar-refractivity contribution is 6.03. The van der Waals surface area contributed by atoms with Gasteiger partial charge >= 0.3 is 6.18 Å². The summed E-state index contributed by atoms with van der Waals surface area (Å²) in [7, 11) is 0. The number of carbonyl (C=O) groups is 3. The second-order valence-corrected chi connectivity index (χ2v) is 9.48. The summed E-state index contributed by atoms with van der Waals surface area (Å²) in [6, 6.07) is 17.5. The molecule has 3 unspecified atom stereocenters. The first-order valence-corrected chi connectivity index (χ1v) is 12.5. The third kappa shape index (κ3) is 5.59. The highest BCUT2D eigenvalue weighted by Crippen LogP contribution is 2.39. The monoisotopic (exact) mass is 551 g/mol. The number of rotatable bonds is 6. The number of halogens is 3. The van der Waals surface area contributed by atoms with Crippen LogP contribution in [0.15, 0.2) is 77.8 Å². The maximum atomic E-state index is 14.1. The summed E-state index contributed by atoms with van der Waals surface area (Å²) in [6.45, 7) is 0.0754. The van der Waals surface area contributed by atoms with E-state index in [2.05, 4.69) is 10.3 Å². The quantitative estimate of drug-likeness (QED) is 0.436. The molecule has 206 valence electrons. The van der Waals surface area contributed by atoms with Gasteiger partial charge in [-0.05, 0) is 48.4 Å². The first kappa shape index (κ1) is 27.1. The number of amides is 3. The van der Waals surface area contributed by atoms with Crippen molar-refractivity contribution in [1.29, 1.82) is 0 Å². The molecule has 3 aromatic carbocycles.